The summed E-state index contributed by atoms with van der Waals surface area (Å²) >= 11 is 0. The second-order valence-electron chi connectivity index (χ2n) is 6.88. The number of ether oxygens (including phenoxy) is 1. The van der Waals surface area contributed by atoms with Gasteiger partial charge in [-0.15, -0.1) is 0 Å². The molecule has 1 saturated heterocycles. The zero-order valence-electron chi connectivity index (χ0n) is 16.3. The van der Waals surface area contributed by atoms with Gasteiger partial charge in [-0.05, 0) is 36.4 Å². The van der Waals surface area contributed by atoms with E-state index in [0.717, 1.165) is 11.0 Å². The van der Waals surface area contributed by atoms with Gasteiger partial charge in [0.25, 0.3) is 11.7 Å². The summed E-state index contributed by atoms with van der Waals surface area (Å²) in [5, 5.41) is 10.9. The topological polar surface area (TPSA) is 80.0 Å². The van der Waals surface area contributed by atoms with Crippen LogP contribution in [0, 0.1) is 11.6 Å². The Morgan fingerprint density at radius 2 is 1.87 bits per heavy atom. The first-order valence-corrected chi connectivity index (χ1v) is 9.31. The standard InChI is InChI=1S/C23H17F2NO5/c1-30-18-9-8-13(11-17(18)25)21(27)19-20(15-6-2-3-7-16(15)24)26(23(29)22(19)28)12-14-5-4-10-31-14/h2-11,20,27H,12H2,1H3/b21-19+. The van der Waals surface area contributed by atoms with E-state index in [-0.39, 0.29) is 29.0 Å². The number of carbonyl (C=O) groups excluding carboxylic acids is 2. The maximum Gasteiger partial charge on any atom is 0.296 e. The minimum absolute atomic E-state index is 0.0174. The summed E-state index contributed by atoms with van der Waals surface area (Å²) < 4.78 is 39.0. The molecule has 3 aromatic rings. The summed E-state index contributed by atoms with van der Waals surface area (Å²) in [5.41, 5.74) is -0.370. The first-order chi connectivity index (χ1) is 14.9. The van der Waals surface area contributed by atoms with Gasteiger partial charge in [-0.2, -0.15) is 0 Å². The van der Waals surface area contributed by atoms with Gasteiger partial charge in [0.1, 0.15) is 17.3 Å². The summed E-state index contributed by atoms with van der Waals surface area (Å²) in [7, 11) is 1.29. The number of benzene rings is 2. The van der Waals surface area contributed by atoms with Crippen LogP contribution < -0.4 is 4.74 Å². The van der Waals surface area contributed by atoms with Crippen molar-refractivity contribution in [2.75, 3.05) is 7.11 Å². The lowest BCUT2D eigenvalue weighted by Crippen LogP contribution is -2.29. The van der Waals surface area contributed by atoms with Gasteiger partial charge in [-0.25, -0.2) is 8.78 Å². The molecule has 2 heterocycles. The highest BCUT2D eigenvalue weighted by Crippen LogP contribution is 2.41. The van der Waals surface area contributed by atoms with Crippen molar-refractivity contribution in [2.45, 2.75) is 12.6 Å². The van der Waals surface area contributed by atoms with Gasteiger partial charge in [0.05, 0.1) is 31.5 Å². The van der Waals surface area contributed by atoms with E-state index in [1.807, 2.05) is 0 Å². The second kappa shape index (κ2) is 8.06. The maximum atomic E-state index is 14.7. The third-order valence-corrected chi connectivity index (χ3v) is 5.07. The Hall–Kier alpha value is -3.94. The summed E-state index contributed by atoms with van der Waals surface area (Å²) in [6.07, 6.45) is 1.41. The molecule has 2 aromatic carbocycles. The van der Waals surface area contributed by atoms with Gasteiger partial charge in [0.2, 0.25) is 0 Å². The number of halogens is 2. The third-order valence-electron chi connectivity index (χ3n) is 5.07. The van der Waals surface area contributed by atoms with Crippen LogP contribution in [0.5, 0.6) is 5.75 Å². The maximum absolute atomic E-state index is 14.7. The van der Waals surface area contributed by atoms with Crippen molar-refractivity contribution >= 4 is 17.4 Å². The number of hydrogen-bond acceptors (Lipinski definition) is 5. The highest BCUT2D eigenvalue weighted by molar-refractivity contribution is 6.46. The number of Topliss-reactive ketones (excluding diaryl/α,β-unsaturated/α-hetero) is 1. The number of methoxy groups -OCH3 is 1. The molecule has 0 aliphatic carbocycles. The van der Waals surface area contributed by atoms with Crippen LogP contribution in [0.3, 0.4) is 0 Å². The predicted molar refractivity (Wildman–Crippen MR) is 106 cm³/mol. The van der Waals surface area contributed by atoms with E-state index in [0.29, 0.717) is 5.76 Å². The van der Waals surface area contributed by atoms with E-state index in [1.54, 1.807) is 18.2 Å². The zero-order valence-corrected chi connectivity index (χ0v) is 16.3. The van der Waals surface area contributed by atoms with Crippen LogP contribution in [-0.4, -0.2) is 28.8 Å². The number of hydrogen-bond donors (Lipinski definition) is 1. The Morgan fingerprint density at radius 1 is 1.10 bits per heavy atom. The SMILES string of the molecule is COc1ccc(/C(O)=C2\C(=O)C(=O)N(Cc3ccco3)C2c2ccccc2F)cc1F. The van der Waals surface area contributed by atoms with E-state index in [9.17, 15) is 23.5 Å². The third kappa shape index (κ3) is 3.56. The Kier molecular flexibility index (Phi) is 5.29. The van der Waals surface area contributed by atoms with Gasteiger partial charge >= 0.3 is 0 Å². The fourth-order valence-electron chi connectivity index (χ4n) is 3.60. The second-order valence-corrected chi connectivity index (χ2v) is 6.88. The summed E-state index contributed by atoms with van der Waals surface area (Å²) in [4.78, 5) is 26.8. The van der Waals surface area contributed by atoms with Crippen LogP contribution >= 0.6 is 0 Å². The van der Waals surface area contributed by atoms with E-state index >= 15 is 0 Å². The van der Waals surface area contributed by atoms with Crippen LogP contribution in [0.2, 0.25) is 0 Å². The van der Waals surface area contributed by atoms with Gasteiger partial charge in [0.15, 0.2) is 11.6 Å². The molecule has 0 radical (unpaired) electrons. The van der Waals surface area contributed by atoms with Crippen molar-refractivity contribution in [2.24, 2.45) is 0 Å². The zero-order chi connectivity index (χ0) is 22.1. The van der Waals surface area contributed by atoms with Crippen LogP contribution in [0.25, 0.3) is 5.76 Å². The van der Waals surface area contributed by atoms with Gasteiger partial charge < -0.3 is 19.2 Å². The minimum atomic E-state index is -1.23. The molecule has 1 aromatic heterocycles. The molecule has 1 atom stereocenters. The van der Waals surface area contributed by atoms with Crippen molar-refractivity contribution in [3.05, 3.63) is 95.0 Å². The normalized spacial score (nSPS) is 17.9. The smallest absolute Gasteiger partial charge is 0.296 e. The lowest BCUT2D eigenvalue weighted by molar-refractivity contribution is -0.140. The molecule has 1 aliphatic rings. The molecule has 6 nitrogen and oxygen atoms in total. The van der Waals surface area contributed by atoms with Crippen LogP contribution in [0.1, 0.15) is 22.9 Å². The number of aliphatic hydroxyl groups is 1. The number of ketones is 1. The monoisotopic (exact) mass is 425 g/mol. The molecular formula is C23H17F2NO5. The largest absolute Gasteiger partial charge is 0.507 e. The number of nitrogens with zero attached hydrogens (tertiary/aromatic N) is 1. The van der Waals surface area contributed by atoms with Crippen LogP contribution in [0.4, 0.5) is 8.78 Å². The van der Waals surface area contributed by atoms with Crippen molar-refractivity contribution < 1.29 is 32.6 Å². The van der Waals surface area contributed by atoms with Crippen molar-refractivity contribution in [3.8, 4) is 5.75 Å². The summed E-state index contributed by atoms with van der Waals surface area (Å²) in [6.45, 7) is -0.121. The van der Waals surface area contributed by atoms with Crippen molar-refractivity contribution in [3.63, 3.8) is 0 Å². The molecular weight excluding hydrogens is 408 g/mol. The average Bonchev–Trinajstić information content (AvgIpc) is 3.36. The molecule has 4 rings (SSSR count). The summed E-state index contributed by atoms with van der Waals surface area (Å²) in [6, 6.07) is 11.2. The average molecular weight is 425 g/mol. The molecule has 1 fully saturated rings. The lowest BCUT2D eigenvalue weighted by Gasteiger charge is -2.24. The number of aliphatic hydroxyl groups excluding tert-OH is 1. The molecule has 0 bridgehead atoms. The molecule has 1 amide bonds. The summed E-state index contributed by atoms with van der Waals surface area (Å²) in [5.74, 6) is -3.66. The fourth-order valence-corrected chi connectivity index (χ4v) is 3.60. The number of furan rings is 1. The van der Waals surface area contributed by atoms with E-state index in [1.165, 1.54) is 43.7 Å². The fraction of sp³-hybridized carbons (Fsp3) is 0.130. The molecule has 1 N–H and O–H groups in total. The van der Waals surface area contributed by atoms with Crippen molar-refractivity contribution in [1.29, 1.82) is 0 Å². The number of rotatable bonds is 5. The van der Waals surface area contributed by atoms with Crippen LogP contribution in [0.15, 0.2) is 70.9 Å². The molecule has 1 aliphatic heterocycles. The molecule has 8 heteroatoms. The highest BCUT2D eigenvalue weighted by Gasteiger charge is 2.47. The Bertz CT molecular complexity index is 1190. The van der Waals surface area contributed by atoms with Crippen LogP contribution in [-0.2, 0) is 16.1 Å². The Balaban J connectivity index is 1.89. The highest BCUT2D eigenvalue weighted by atomic mass is 19.1. The minimum Gasteiger partial charge on any atom is -0.507 e. The molecule has 158 valence electrons. The van der Waals surface area contributed by atoms with Gasteiger partial charge in [0, 0.05) is 11.1 Å². The number of carbonyl (C=O) groups is 2. The predicted octanol–water partition coefficient (Wildman–Crippen LogP) is 4.19. The first kappa shape index (κ1) is 20.3. The Labute approximate surface area is 176 Å². The van der Waals surface area contributed by atoms with Crippen molar-refractivity contribution in [1.82, 2.24) is 4.90 Å². The molecule has 1 unspecified atom stereocenters. The van der Waals surface area contributed by atoms with Gasteiger partial charge in [-0.1, -0.05) is 18.2 Å². The van der Waals surface area contributed by atoms with E-state index < -0.39 is 35.1 Å². The molecule has 0 saturated carbocycles. The number of likely N-dealkylation sites (tertiary alicyclic amines) is 1. The first-order valence-electron chi connectivity index (χ1n) is 9.31. The Morgan fingerprint density at radius 3 is 2.52 bits per heavy atom. The number of amides is 1. The van der Waals surface area contributed by atoms with Gasteiger partial charge in [-0.3, -0.25) is 9.59 Å². The van der Waals surface area contributed by atoms with E-state index in [2.05, 4.69) is 0 Å². The molecule has 31 heavy (non-hydrogen) atoms. The lowest BCUT2D eigenvalue weighted by atomic mass is 9.95. The van der Waals surface area contributed by atoms with E-state index in [4.69, 9.17) is 9.15 Å². The molecule has 0 spiro atoms. The quantitative estimate of drug-likeness (QED) is 0.377.